The number of aryl methyl sites for hydroxylation is 1. The van der Waals surface area contributed by atoms with E-state index in [1.807, 2.05) is 12.4 Å². The van der Waals surface area contributed by atoms with Crippen LogP contribution in [-0.2, 0) is 6.42 Å². The number of hydrogen-bond donors (Lipinski definition) is 0. The highest BCUT2D eigenvalue weighted by Gasteiger charge is 2.03. The van der Waals surface area contributed by atoms with E-state index in [9.17, 15) is 0 Å². The molecular formula is C33H54N2O. The molecule has 0 spiro atoms. The van der Waals surface area contributed by atoms with Crippen molar-refractivity contribution in [2.45, 2.75) is 142 Å². The SMILES string of the molecule is CCCCCCCCCCCCCCc1ccc(-c2ncc(OCCCCCCCCC)cn2)cc1. The van der Waals surface area contributed by atoms with Gasteiger partial charge in [0.25, 0.3) is 0 Å². The lowest BCUT2D eigenvalue weighted by Crippen LogP contribution is -1.99. The van der Waals surface area contributed by atoms with Crippen LogP contribution in [0.3, 0.4) is 0 Å². The summed E-state index contributed by atoms with van der Waals surface area (Å²) in [4.78, 5) is 9.05. The van der Waals surface area contributed by atoms with Gasteiger partial charge in [0.1, 0.15) is 0 Å². The maximum atomic E-state index is 5.83. The average Bonchev–Trinajstić information content (AvgIpc) is 2.91. The molecule has 1 heterocycles. The summed E-state index contributed by atoms with van der Waals surface area (Å²) in [5.74, 6) is 1.54. The highest BCUT2D eigenvalue weighted by Crippen LogP contribution is 2.19. The van der Waals surface area contributed by atoms with Crippen molar-refractivity contribution >= 4 is 0 Å². The molecule has 2 rings (SSSR count). The lowest BCUT2D eigenvalue weighted by atomic mass is 10.0. The topological polar surface area (TPSA) is 35.0 Å². The molecule has 0 atom stereocenters. The van der Waals surface area contributed by atoms with E-state index in [4.69, 9.17) is 4.74 Å². The Morgan fingerprint density at radius 2 is 0.972 bits per heavy atom. The van der Waals surface area contributed by atoms with Gasteiger partial charge < -0.3 is 4.74 Å². The molecular weight excluding hydrogens is 440 g/mol. The van der Waals surface area contributed by atoms with Crippen molar-refractivity contribution in [1.82, 2.24) is 9.97 Å². The molecule has 0 unspecified atom stereocenters. The quantitative estimate of drug-likeness (QED) is 0.144. The standard InChI is InChI=1S/C33H54N2O/c1-3-5-7-9-11-12-13-14-15-16-18-20-22-30-23-25-31(26-24-30)33-34-28-32(29-35-33)36-27-21-19-17-10-8-6-4-2/h23-26,28-29H,3-22,27H2,1-2H3. The molecule has 3 heteroatoms. The molecule has 0 saturated carbocycles. The van der Waals surface area contributed by atoms with E-state index in [0.29, 0.717) is 0 Å². The molecule has 3 nitrogen and oxygen atoms in total. The van der Waals surface area contributed by atoms with Crippen LogP contribution in [0.5, 0.6) is 5.75 Å². The predicted octanol–water partition coefficient (Wildman–Crippen LogP) is 10.5. The summed E-state index contributed by atoms with van der Waals surface area (Å²) in [5.41, 5.74) is 2.49. The number of benzene rings is 1. The first kappa shape index (κ1) is 30.3. The number of unbranched alkanes of at least 4 members (excludes halogenated alkanes) is 17. The molecule has 0 amide bonds. The Morgan fingerprint density at radius 1 is 0.528 bits per heavy atom. The van der Waals surface area contributed by atoms with Crippen LogP contribution in [0.2, 0.25) is 0 Å². The number of aromatic nitrogens is 2. The minimum atomic E-state index is 0.754. The third kappa shape index (κ3) is 14.6. The van der Waals surface area contributed by atoms with Crippen LogP contribution in [0, 0.1) is 0 Å². The highest BCUT2D eigenvalue weighted by molar-refractivity contribution is 5.55. The van der Waals surface area contributed by atoms with Gasteiger partial charge in [-0.2, -0.15) is 0 Å². The minimum absolute atomic E-state index is 0.754. The van der Waals surface area contributed by atoms with Crippen molar-refractivity contribution in [2.24, 2.45) is 0 Å². The van der Waals surface area contributed by atoms with Gasteiger partial charge in [0.2, 0.25) is 0 Å². The summed E-state index contributed by atoms with van der Waals surface area (Å²) >= 11 is 0. The number of nitrogens with zero attached hydrogens (tertiary/aromatic N) is 2. The number of hydrogen-bond acceptors (Lipinski definition) is 3. The van der Waals surface area contributed by atoms with Gasteiger partial charge in [0.15, 0.2) is 11.6 Å². The normalized spacial score (nSPS) is 11.2. The van der Waals surface area contributed by atoms with Crippen LogP contribution < -0.4 is 4.74 Å². The Bertz CT molecular complexity index is 741. The van der Waals surface area contributed by atoms with Crippen LogP contribution in [0.25, 0.3) is 11.4 Å². The monoisotopic (exact) mass is 494 g/mol. The van der Waals surface area contributed by atoms with E-state index >= 15 is 0 Å². The second-order valence-corrected chi connectivity index (χ2v) is 10.5. The van der Waals surface area contributed by atoms with Crippen molar-refractivity contribution in [3.8, 4) is 17.1 Å². The Balaban J connectivity index is 1.52. The molecule has 0 fully saturated rings. The smallest absolute Gasteiger partial charge is 0.159 e. The first-order chi connectivity index (χ1) is 17.8. The fraction of sp³-hybridized carbons (Fsp3) is 0.697. The molecule has 2 aromatic rings. The molecule has 0 aliphatic rings. The fourth-order valence-electron chi connectivity index (χ4n) is 4.78. The molecule has 0 bridgehead atoms. The molecule has 36 heavy (non-hydrogen) atoms. The molecule has 0 N–H and O–H groups in total. The van der Waals surface area contributed by atoms with Crippen LogP contribution in [0.1, 0.15) is 141 Å². The molecule has 1 aromatic heterocycles. The lowest BCUT2D eigenvalue weighted by molar-refractivity contribution is 0.302. The summed E-state index contributed by atoms with van der Waals surface area (Å²) in [6.45, 7) is 5.31. The summed E-state index contributed by atoms with van der Waals surface area (Å²) in [6.07, 6.45) is 30.7. The van der Waals surface area contributed by atoms with E-state index in [2.05, 4.69) is 48.1 Å². The minimum Gasteiger partial charge on any atom is -0.490 e. The third-order valence-electron chi connectivity index (χ3n) is 7.18. The van der Waals surface area contributed by atoms with E-state index in [1.165, 1.54) is 128 Å². The first-order valence-corrected chi connectivity index (χ1v) is 15.4. The third-order valence-corrected chi connectivity index (χ3v) is 7.18. The Morgan fingerprint density at radius 3 is 1.47 bits per heavy atom. The predicted molar refractivity (Wildman–Crippen MR) is 156 cm³/mol. The Kier molecular flexibility index (Phi) is 17.9. The zero-order chi connectivity index (χ0) is 25.5. The first-order valence-electron chi connectivity index (χ1n) is 15.4. The Labute approximate surface area is 222 Å². The fourth-order valence-corrected chi connectivity index (χ4v) is 4.78. The second kappa shape index (κ2) is 21.2. The van der Waals surface area contributed by atoms with E-state index in [1.54, 1.807) is 0 Å². The van der Waals surface area contributed by atoms with Gasteiger partial charge in [0.05, 0.1) is 19.0 Å². The highest BCUT2D eigenvalue weighted by atomic mass is 16.5. The number of rotatable bonds is 23. The largest absolute Gasteiger partial charge is 0.490 e. The van der Waals surface area contributed by atoms with Gasteiger partial charge in [-0.3, -0.25) is 0 Å². The van der Waals surface area contributed by atoms with Crippen molar-refractivity contribution < 1.29 is 4.74 Å². The van der Waals surface area contributed by atoms with E-state index in [0.717, 1.165) is 30.2 Å². The maximum absolute atomic E-state index is 5.83. The zero-order valence-corrected chi connectivity index (χ0v) is 23.6. The van der Waals surface area contributed by atoms with E-state index in [-0.39, 0.29) is 0 Å². The zero-order valence-electron chi connectivity index (χ0n) is 23.6. The van der Waals surface area contributed by atoms with E-state index < -0.39 is 0 Å². The van der Waals surface area contributed by atoms with Gasteiger partial charge in [-0.1, -0.05) is 147 Å². The molecule has 0 saturated heterocycles. The van der Waals surface area contributed by atoms with Gasteiger partial charge in [-0.05, 0) is 24.8 Å². The van der Waals surface area contributed by atoms with Gasteiger partial charge in [-0.25, -0.2) is 9.97 Å². The molecule has 0 aliphatic heterocycles. The van der Waals surface area contributed by atoms with Crippen molar-refractivity contribution in [3.05, 3.63) is 42.2 Å². The van der Waals surface area contributed by atoms with Crippen molar-refractivity contribution in [3.63, 3.8) is 0 Å². The van der Waals surface area contributed by atoms with Crippen LogP contribution in [0.4, 0.5) is 0 Å². The molecule has 0 radical (unpaired) electrons. The van der Waals surface area contributed by atoms with Crippen LogP contribution in [0.15, 0.2) is 36.7 Å². The molecule has 202 valence electrons. The Hall–Kier alpha value is -1.90. The van der Waals surface area contributed by atoms with Crippen LogP contribution >= 0.6 is 0 Å². The van der Waals surface area contributed by atoms with Crippen molar-refractivity contribution in [2.75, 3.05) is 6.61 Å². The van der Waals surface area contributed by atoms with Crippen LogP contribution in [-0.4, -0.2) is 16.6 Å². The number of ether oxygens (including phenoxy) is 1. The maximum Gasteiger partial charge on any atom is 0.159 e. The van der Waals surface area contributed by atoms with Gasteiger partial charge in [-0.15, -0.1) is 0 Å². The van der Waals surface area contributed by atoms with Crippen molar-refractivity contribution in [1.29, 1.82) is 0 Å². The molecule has 1 aromatic carbocycles. The summed E-state index contributed by atoms with van der Waals surface area (Å²) in [6, 6.07) is 8.79. The summed E-state index contributed by atoms with van der Waals surface area (Å²) < 4.78 is 5.83. The van der Waals surface area contributed by atoms with Gasteiger partial charge in [0, 0.05) is 5.56 Å². The molecule has 0 aliphatic carbocycles. The lowest BCUT2D eigenvalue weighted by Gasteiger charge is -2.07. The average molecular weight is 495 g/mol. The summed E-state index contributed by atoms with van der Waals surface area (Å²) in [5, 5.41) is 0. The van der Waals surface area contributed by atoms with Gasteiger partial charge >= 0.3 is 0 Å². The summed E-state index contributed by atoms with van der Waals surface area (Å²) in [7, 11) is 0. The second-order valence-electron chi connectivity index (χ2n) is 10.5.